The first-order valence-corrected chi connectivity index (χ1v) is 8.98. The molecule has 3 rings (SSSR count). The predicted octanol–water partition coefficient (Wildman–Crippen LogP) is -0.173. The van der Waals surface area contributed by atoms with Gasteiger partial charge in [-0.1, -0.05) is 17.8 Å². The Hall–Kier alpha value is -2.86. The van der Waals surface area contributed by atoms with E-state index < -0.39 is 35.2 Å². The number of aliphatic carboxylic acids is 1. The van der Waals surface area contributed by atoms with Crippen LogP contribution in [0.15, 0.2) is 34.2 Å². The van der Waals surface area contributed by atoms with Gasteiger partial charge in [0.25, 0.3) is 5.91 Å². The minimum atomic E-state index is -1.19. The van der Waals surface area contributed by atoms with Crippen LogP contribution in [0.25, 0.3) is 0 Å². The topological polar surface area (TPSA) is 158 Å². The van der Waals surface area contributed by atoms with E-state index in [2.05, 4.69) is 22.0 Å². The number of nitrogens with one attached hydrogen (secondary N) is 1. The fourth-order valence-corrected chi connectivity index (χ4v) is 4.42. The molecule has 0 aliphatic carbocycles. The van der Waals surface area contributed by atoms with Crippen LogP contribution in [0.1, 0.15) is 5.69 Å². The van der Waals surface area contributed by atoms with Crippen LogP contribution in [-0.4, -0.2) is 61.2 Å². The fourth-order valence-electron chi connectivity index (χ4n) is 2.65. The summed E-state index contributed by atoms with van der Waals surface area (Å²) in [4.78, 5) is 41.2. The number of amides is 2. The molecule has 0 spiro atoms. The zero-order chi connectivity index (χ0) is 19.0. The number of nitrogens with two attached hydrogens (primary N) is 1. The van der Waals surface area contributed by atoms with Crippen LogP contribution >= 0.6 is 23.1 Å². The molecule has 0 radical (unpaired) electrons. The molecule has 1 saturated heterocycles. The summed E-state index contributed by atoms with van der Waals surface area (Å²) in [5.74, 6) is -2.55. The van der Waals surface area contributed by atoms with Gasteiger partial charge < -0.3 is 26.3 Å². The number of oxime groups is 1. The first kappa shape index (κ1) is 17.9. The van der Waals surface area contributed by atoms with E-state index in [0.717, 1.165) is 11.3 Å². The van der Waals surface area contributed by atoms with Crippen molar-refractivity contribution in [3.05, 3.63) is 34.7 Å². The third kappa shape index (κ3) is 2.82. The van der Waals surface area contributed by atoms with Crippen LogP contribution in [0.3, 0.4) is 0 Å². The summed E-state index contributed by atoms with van der Waals surface area (Å²) in [6, 6.07) is -2.10. The fraction of sp³-hybridized carbons (Fsp3) is 0.214. The minimum absolute atomic E-state index is 0.0738. The van der Waals surface area contributed by atoms with Crippen molar-refractivity contribution in [2.75, 3.05) is 5.73 Å². The van der Waals surface area contributed by atoms with Gasteiger partial charge in [0.05, 0.1) is 0 Å². The van der Waals surface area contributed by atoms with E-state index in [-0.39, 0.29) is 16.5 Å². The van der Waals surface area contributed by atoms with Gasteiger partial charge in [0.15, 0.2) is 16.9 Å². The van der Waals surface area contributed by atoms with Crippen LogP contribution < -0.4 is 11.1 Å². The number of carboxylic acids is 1. The molecule has 1 aromatic heterocycles. The average Bonchev–Trinajstić information content (AvgIpc) is 3.04. The molecular weight excluding hydrogens is 382 g/mol. The van der Waals surface area contributed by atoms with Gasteiger partial charge in [-0.3, -0.25) is 9.59 Å². The van der Waals surface area contributed by atoms with Gasteiger partial charge in [-0.05, 0) is 11.0 Å². The van der Waals surface area contributed by atoms with Crippen molar-refractivity contribution in [1.29, 1.82) is 0 Å². The Morgan fingerprint density at radius 1 is 1.50 bits per heavy atom. The van der Waals surface area contributed by atoms with E-state index in [1.807, 2.05) is 0 Å². The number of nitrogen functional groups attached to an aromatic ring is 1. The largest absolute Gasteiger partial charge is 0.479 e. The number of thioether (sulfide) groups is 1. The zero-order valence-electron chi connectivity index (χ0n) is 13.0. The molecule has 0 bridgehead atoms. The highest BCUT2D eigenvalue weighted by Gasteiger charge is 2.55. The zero-order valence-corrected chi connectivity index (χ0v) is 14.7. The summed E-state index contributed by atoms with van der Waals surface area (Å²) in [7, 11) is 0. The van der Waals surface area contributed by atoms with Crippen LogP contribution in [0.5, 0.6) is 0 Å². The summed E-state index contributed by atoms with van der Waals surface area (Å²) in [6.07, 6.45) is 1.38. The molecule has 1 fully saturated rings. The standard InChI is InChI=1S/C14H13N5O5S2/c1-2-5-3-25-12-8(11(21)19(12)9(5)13(22)23)17-10(20)7(18-24)6-4-26-14(15)16-6/h2-4,8-9,12,24H,1H2,(H2,15,16)(H,17,20)(H,22,23)/b18-7-/t8-,9?,12-/m1/s1. The number of rotatable bonds is 5. The number of carbonyl (C=O) groups excluding carboxylic acids is 2. The number of carbonyl (C=O) groups is 3. The number of β-lactam (4-membered cyclic amide) rings is 1. The van der Waals surface area contributed by atoms with Gasteiger partial charge in [0.1, 0.15) is 17.1 Å². The Kier molecular flexibility index (Phi) is 4.70. The van der Waals surface area contributed by atoms with E-state index in [0.29, 0.717) is 5.57 Å². The van der Waals surface area contributed by atoms with Crippen molar-refractivity contribution in [2.45, 2.75) is 17.5 Å². The molecule has 1 aromatic rings. The molecule has 136 valence electrons. The molecule has 5 N–H and O–H groups in total. The van der Waals surface area contributed by atoms with Crippen LogP contribution in [-0.2, 0) is 14.4 Å². The van der Waals surface area contributed by atoms with Gasteiger partial charge in [0, 0.05) is 5.38 Å². The molecular formula is C14H13N5O5S2. The number of carboxylic acid groups (broad SMARTS) is 1. The summed E-state index contributed by atoms with van der Waals surface area (Å²) < 4.78 is 0. The maximum atomic E-state index is 12.4. The Balaban J connectivity index is 1.77. The summed E-state index contributed by atoms with van der Waals surface area (Å²) in [5, 5.41) is 26.5. The van der Waals surface area contributed by atoms with Crippen LogP contribution in [0.2, 0.25) is 0 Å². The quantitative estimate of drug-likeness (QED) is 0.231. The Morgan fingerprint density at radius 3 is 2.77 bits per heavy atom. The summed E-state index contributed by atoms with van der Waals surface area (Å²) in [5.41, 5.74) is 5.58. The second kappa shape index (κ2) is 6.80. The van der Waals surface area contributed by atoms with Crippen molar-refractivity contribution in [3.63, 3.8) is 0 Å². The minimum Gasteiger partial charge on any atom is -0.479 e. The molecule has 1 unspecified atom stereocenters. The third-order valence-corrected chi connectivity index (χ3v) is 5.71. The maximum absolute atomic E-state index is 12.4. The molecule has 2 amide bonds. The van der Waals surface area contributed by atoms with Crippen molar-refractivity contribution in [3.8, 4) is 0 Å². The summed E-state index contributed by atoms with van der Waals surface area (Å²) in [6.45, 7) is 3.55. The van der Waals surface area contributed by atoms with E-state index in [9.17, 15) is 19.5 Å². The average molecular weight is 395 g/mol. The normalized spacial score (nSPS) is 25.0. The van der Waals surface area contributed by atoms with Crippen molar-refractivity contribution >= 4 is 51.7 Å². The first-order valence-electron chi connectivity index (χ1n) is 7.16. The molecule has 12 heteroatoms. The van der Waals surface area contributed by atoms with Gasteiger partial charge in [-0.2, -0.15) is 0 Å². The van der Waals surface area contributed by atoms with E-state index >= 15 is 0 Å². The lowest BCUT2D eigenvalue weighted by Gasteiger charge is -2.51. The molecule has 3 atom stereocenters. The Bertz CT molecular complexity index is 864. The smallest absolute Gasteiger partial charge is 0.331 e. The van der Waals surface area contributed by atoms with E-state index in [1.165, 1.54) is 28.1 Å². The highest BCUT2D eigenvalue weighted by atomic mass is 32.2. The lowest BCUT2D eigenvalue weighted by Crippen LogP contribution is -2.74. The number of hydrogen-bond acceptors (Lipinski definition) is 9. The van der Waals surface area contributed by atoms with Crippen LogP contribution in [0, 0.1) is 0 Å². The Morgan fingerprint density at radius 2 is 2.23 bits per heavy atom. The van der Waals surface area contributed by atoms with E-state index in [1.54, 1.807) is 5.41 Å². The summed E-state index contributed by atoms with van der Waals surface area (Å²) >= 11 is 2.26. The lowest BCUT2D eigenvalue weighted by molar-refractivity contribution is -0.159. The molecule has 2 aliphatic heterocycles. The number of fused-ring (bicyclic) bond motifs is 1. The molecule has 3 heterocycles. The van der Waals surface area contributed by atoms with E-state index in [4.69, 9.17) is 10.9 Å². The number of aromatic nitrogens is 1. The van der Waals surface area contributed by atoms with Crippen LogP contribution in [0.4, 0.5) is 5.13 Å². The number of anilines is 1. The predicted molar refractivity (Wildman–Crippen MR) is 94.7 cm³/mol. The third-order valence-electron chi connectivity index (χ3n) is 3.85. The highest BCUT2D eigenvalue weighted by Crippen LogP contribution is 2.40. The number of hydrogen-bond donors (Lipinski definition) is 4. The molecule has 2 aliphatic rings. The number of nitrogens with zero attached hydrogens (tertiary/aromatic N) is 3. The molecule has 0 aromatic carbocycles. The van der Waals surface area contributed by atoms with Gasteiger partial charge in [-0.15, -0.1) is 23.1 Å². The Labute approximate surface area is 155 Å². The monoisotopic (exact) mass is 395 g/mol. The van der Waals surface area contributed by atoms with Crippen molar-refractivity contribution < 1.29 is 24.7 Å². The van der Waals surface area contributed by atoms with Gasteiger partial charge in [0.2, 0.25) is 5.91 Å². The second-order valence-electron chi connectivity index (χ2n) is 5.31. The van der Waals surface area contributed by atoms with Gasteiger partial charge >= 0.3 is 5.97 Å². The van der Waals surface area contributed by atoms with Crippen molar-refractivity contribution in [2.24, 2.45) is 5.16 Å². The van der Waals surface area contributed by atoms with Crippen molar-refractivity contribution in [1.82, 2.24) is 15.2 Å². The molecule has 0 saturated carbocycles. The van der Waals surface area contributed by atoms with Gasteiger partial charge in [-0.25, -0.2) is 9.78 Å². The first-order chi connectivity index (χ1) is 12.4. The maximum Gasteiger partial charge on any atom is 0.331 e. The SMILES string of the molecule is C=CC1=CS[C@@H]2[C@H](NC(=O)/C(=N\O)c3csc(N)n3)C(=O)N2C1C(=O)O. The highest BCUT2D eigenvalue weighted by molar-refractivity contribution is 8.03. The lowest BCUT2D eigenvalue weighted by atomic mass is 9.98. The number of thiazole rings is 1. The molecule has 26 heavy (non-hydrogen) atoms. The molecule has 10 nitrogen and oxygen atoms in total. The second-order valence-corrected chi connectivity index (χ2v) is 7.19.